The summed E-state index contributed by atoms with van der Waals surface area (Å²) in [7, 11) is 0. The zero-order valence-electron chi connectivity index (χ0n) is 14.6. The van der Waals surface area contributed by atoms with Gasteiger partial charge in [0.25, 0.3) is 5.56 Å². The summed E-state index contributed by atoms with van der Waals surface area (Å²) < 4.78 is 1.30. The molecule has 6 nitrogen and oxygen atoms in total. The van der Waals surface area contributed by atoms with Gasteiger partial charge in [0.1, 0.15) is 0 Å². The molecule has 2 N–H and O–H groups in total. The van der Waals surface area contributed by atoms with Crippen molar-refractivity contribution in [3.8, 4) is 11.6 Å². The van der Waals surface area contributed by atoms with Crippen molar-refractivity contribution in [1.82, 2.24) is 9.55 Å². The van der Waals surface area contributed by atoms with Gasteiger partial charge >= 0.3 is 0 Å². The maximum absolute atomic E-state index is 12.4. The number of anilines is 1. The molecular weight excluding hydrogens is 421 g/mol. The number of benzene rings is 2. The summed E-state index contributed by atoms with van der Waals surface area (Å²) in [4.78, 5) is 28.7. The predicted molar refractivity (Wildman–Crippen MR) is 112 cm³/mol. The Kier molecular flexibility index (Phi) is 6.28. The second-order valence-electron chi connectivity index (χ2n) is 5.80. The van der Waals surface area contributed by atoms with E-state index in [1.165, 1.54) is 4.57 Å². The zero-order chi connectivity index (χ0) is 20.3. The number of nitrogens with one attached hydrogen (secondary N) is 1. The van der Waals surface area contributed by atoms with Crippen LogP contribution in [0.2, 0.25) is 10.0 Å². The lowest BCUT2D eigenvalue weighted by Gasteiger charge is -2.12. The smallest absolute Gasteiger partial charge is 0.262 e. The first-order valence-corrected chi connectivity index (χ1v) is 9.86. The number of aromatic nitrogens is 2. The quantitative estimate of drug-likeness (QED) is 0.461. The van der Waals surface area contributed by atoms with Crippen LogP contribution in [0.4, 0.5) is 5.69 Å². The van der Waals surface area contributed by atoms with Crippen LogP contribution in [-0.4, -0.2) is 26.3 Å². The Morgan fingerprint density at radius 2 is 1.93 bits per heavy atom. The van der Waals surface area contributed by atoms with Gasteiger partial charge in [0, 0.05) is 15.7 Å². The average molecular weight is 436 g/mol. The molecule has 0 spiro atoms. The summed E-state index contributed by atoms with van der Waals surface area (Å²) in [5, 5.41) is 13.7. The number of nitrogens with zero attached hydrogens (tertiary/aromatic N) is 2. The number of rotatable bonds is 5. The van der Waals surface area contributed by atoms with E-state index in [4.69, 9.17) is 23.2 Å². The topological polar surface area (TPSA) is 84.2 Å². The molecule has 0 aliphatic carbocycles. The molecule has 2 aromatic carbocycles. The van der Waals surface area contributed by atoms with Gasteiger partial charge in [0.15, 0.2) is 5.16 Å². The first-order valence-electron chi connectivity index (χ1n) is 8.12. The summed E-state index contributed by atoms with van der Waals surface area (Å²) in [6, 6.07) is 12.8. The van der Waals surface area contributed by atoms with Crippen LogP contribution >= 0.6 is 35.0 Å². The molecule has 28 heavy (non-hydrogen) atoms. The molecule has 0 radical (unpaired) electrons. The van der Waals surface area contributed by atoms with Crippen LogP contribution in [0.3, 0.4) is 0 Å². The van der Waals surface area contributed by atoms with E-state index >= 15 is 0 Å². The Morgan fingerprint density at radius 3 is 2.64 bits per heavy atom. The molecule has 0 fully saturated rings. The van der Waals surface area contributed by atoms with Crippen LogP contribution in [0.5, 0.6) is 5.88 Å². The van der Waals surface area contributed by atoms with Crippen molar-refractivity contribution in [2.75, 3.05) is 11.1 Å². The van der Waals surface area contributed by atoms with Crippen LogP contribution in [0.25, 0.3) is 5.69 Å². The minimum Gasteiger partial charge on any atom is -0.493 e. The van der Waals surface area contributed by atoms with Crippen LogP contribution in [0.1, 0.15) is 5.56 Å². The van der Waals surface area contributed by atoms with Gasteiger partial charge in [-0.1, -0.05) is 41.0 Å². The highest BCUT2D eigenvalue weighted by molar-refractivity contribution is 7.99. The van der Waals surface area contributed by atoms with Crippen molar-refractivity contribution >= 4 is 46.6 Å². The van der Waals surface area contributed by atoms with E-state index < -0.39 is 11.4 Å². The number of carbonyl (C=O) groups is 1. The lowest BCUT2D eigenvalue weighted by Crippen LogP contribution is -2.21. The number of amides is 1. The van der Waals surface area contributed by atoms with Crippen molar-refractivity contribution in [3.05, 3.63) is 74.5 Å². The number of halogens is 2. The van der Waals surface area contributed by atoms with Crippen molar-refractivity contribution in [2.45, 2.75) is 12.1 Å². The highest BCUT2D eigenvalue weighted by Gasteiger charge is 2.14. The largest absolute Gasteiger partial charge is 0.493 e. The Hall–Kier alpha value is -2.48. The van der Waals surface area contributed by atoms with E-state index in [1.807, 2.05) is 0 Å². The molecule has 3 rings (SSSR count). The molecule has 1 amide bonds. The Balaban J connectivity index is 1.82. The third-order valence-electron chi connectivity index (χ3n) is 3.83. The molecule has 1 aromatic heterocycles. The lowest BCUT2D eigenvalue weighted by atomic mass is 10.2. The maximum atomic E-state index is 12.4. The van der Waals surface area contributed by atoms with Crippen molar-refractivity contribution < 1.29 is 9.90 Å². The number of aromatic hydroxyl groups is 1. The summed E-state index contributed by atoms with van der Waals surface area (Å²) in [5.41, 5.74) is 1.42. The van der Waals surface area contributed by atoms with Gasteiger partial charge in [0.05, 0.1) is 17.5 Å². The monoisotopic (exact) mass is 435 g/mol. The Bertz CT molecular complexity index is 1080. The van der Waals surface area contributed by atoms with E-state index in [2.05, 4.69) is 10.3 Å². The predicted octanol–water partition coefficient (Wildman–Crippen LogP) is 4.28. The number of hydrogen-bond acceptors (Lipinski definition) is 5. The molecule has 0 saturated heterocycles. The average Bonchev–Trinajstić information content (AvgIpc) is 2.64. The van der Waals surface area contributed by atoms with Gasteiger partial charge in [0.2, 0.25) is 11.8 Å². The normalized spacial score (nSPS) is 10.7. The Morgan fingerprint density at radius 1 is 1.21 bits per heavy atom. The molecule has 9 heteroatoms. The molecule has 0 unspecified atom stereocenters. The van der Waals surface area contributed by atoms with Gasteiger partial charge in [-0.3, -0.25) is 14.2 Å². The van der Waals surface area contributed by atoms with Crippen LogP contribution < -0.4 is 10.9 Å². The summed E-state index contributed by atoms with van der Waals surface area (Å²) in [5.74, 6) is -0.727. The highest BCUT2D eigenvalue weighted by Crippen LogP contribution is 2.24. The standard InChI is InChI=1S/C19H15Cl2N3O3S/c1-11-14(21)3-2-4-15(11)22-17(26)10-28-19-23-16(25)9-18(27)24(19)13-7-5-12(20)6-8-13/h2-9,25H,10H2,1H3,(H,22,26). The van der Waals surface area contributed by atoms with Crippen LogP contribution in [0.15, 0.2) is 58.5 Å². The molecule has 0 bridgehead atoms. The van der Waals surface area contributed by atoms with Gasteiger partial charge < -0.3 is 10.4 Å². The van der Waals surface area contributed by atoms with E-state index in [0.29, 0.717) is 21.4 Å². The molecule has 0 aliphatic rings. The fraction of sp³-hybridized carbons (Fsp3) is 0.105. The number of thioether (sulfide) groups is 1. The highest BCUT2D eigenvalue weighted by atomic mass is 35.5. The third-order valence-corrected chi connectivity index (χ3v) is 5.43. The van der Waals surface area contributed by atoms with Crippen LogP contribution in [0, 0.1) is 6.92 Å². The minimum atomic E-state index is -0.469. The molecule has 1 heterocycles. The lowest BCUT2D eigenvalue weighted by molar-refractivity contribution is -0.113. The van der Waals surface area contributed by atoms with E-state index in [-0.39, 0.29) is 16.8 Å². The first-order chi connectivity index (χ1) is 13.3. The SMILES string of the molecule is Cc1c(Cl)cccc1NC(=O)CSc1nc(O)cc(=O)n1-c1ccc(Cl)cc1. The van der Waals surface area contributed by atoms with Crippen molar-refractivity contribution in [3.63, 3.8) is 0 Å². The fourth-order valence-corrected chi connectivity index (χ4v) is 3.55. The number of hydrogen-bond donors (Lipinski definition) is 2. The second-order valence-corrected chi connectivity index (χ2v) is 7.58. The molecule has 0 aliphatic heterocycles. The summed E-state index contributed by atoms with van der Waals surface area (Å²) >= 11 is 13.0. The molecule has 0 atom stereocenters. The van der Waals surface area contributed by atoms with Crippen molar-refractivity contribution in [1.29, 1.82) is 0 Å². The molecular formula is C19H15Cl2N3O3S. The summed E-state index contributed by atoms with van der Waals surface area (Å²) in [6.07, 6.45) is 0. The minimum absolute atomic E-state index is 0.0184. The Labute approximate surface area is 175 Å². The van der Waals surface area contributed by atoms with Gasteiger partial charge in [-0.15, -0.1) is 0 Å². The first kappa shape index (κ1) is 20.3. The van der Waals surface area contributed by atoms with Gasteiger partial charge in [-0.2, -0.15) is 4.98 Å². The van der Waals surface area contributed by atoms with E-state index in [0.717, 1.165) is 23.4 Å². The van der Waals surface area contributed by atoms with Crippen molar-refractivity contribution in [2.24, 2.45) is 0 Å². The maximum Gasteiger partial charge on any atom is 0.262 e. The third kappa shape index (κ3) is 4.67. The molecule has 3 aromatic rings. The molecule has 0 saturated carbocycles. The zero-order valence-corrected chi connectivity index (χ0v) is 17.0. The number of carbonyl (C=O) groups excluding carboxylic acids is 1. The van der Waals surface area contributed by atoms with E-state index in [1.54, 1.807) is 49.4 Å². The van der Waals surface area contributed by atoms with Gasteiger partial charge in [-0.25, -0.2) is 0 Å². The fourth-order valence-electron chi connectivity index (χ4n) is 2.43. The second kappa shape index (κ2) is 8.68. The summed E-state index contributed by atoms with van der Waals surface area (Å²) in [6.45, 7) is 1.81. The van der Waals surface area contributed by atoms with E-state index in [9.17, 15) is 14.7 Å². The van der Waals surface area contributed by atoms with Crippen LogP contribution in [-0.2, 0) is 4.79 Å². The molecule has 144 valence electrons. The van der Waals surface area contributed by atoms with Gasteiger partial charge in [-0.05, 0) is 48.9 Å².